The largest absolute Gasteiger partial charge is 0.544 e. The highest BCUT2D eigenvalue weighted by molar-refractivity contribution is 6.75. The first-order chi connectivity index (χ1) is 14.6. The summed E-state index contributed by atoms with van der Waals surface area (Å²) in [4.78, 5) is 0. The Morgan fingerprint density at radius 1 is 0.719 bits per heavy atom. The molecule has 0 saturated carbocycles. The number of fused-ring (bicyclic) bond motifs is 1. The molecule has 0 aromatic heterocycles. The van der Waals surface area contributed by atoms with E-state index >= 15 is 0 Å². The molecule has 0 spiro atoms. The van der Waals surface area contributed by atoms with Crippen LogP contribution in [-0.4, -0.2) is 16.6 Å². The van der Waals surface area contributed by atoms with Crippen LogP contribution in [0.15, 0.2) is 48.7 Å². The van der Waals surface area contributed by atoms with Crippen molar-refractivity contribution >= 4 is 22.2 Å². The van der Waals surface area contributed by atoms with E-state index in [1.54, 1.807) is 0 Å². The Hall–Kier alpha value is -1.99. The van der Waals surface area contributed by atoms with Crippen molar-refractivity contribution in [2.45, 2.75) is 84.2 Å². The van der Waals surface area contributed by atoms with Crippen molar-refractivity contribution in [3.63, 3.8) is 0 Å². The molecule has 0 saturated heterocycles. The van der Waals surface area contributed by atoms with Gasteiger partial charge in [-0.2, -0.15) is 0 Å². The molecule has 3 nitrogen and oxygen atoms in total. The SMILES string of the molecule is CC(C)(C)[Si](C)(C)Oc1ccc(C2=COc3cc(O[Si](C)(C)C(C)(C)C)ccc3C2)cc1. The summed E-state index contributed by atoms with van der Waals surface area (Å²) in [5, 5.41) is 0.347. The smallest absolute Gasteiger partial charge is 0.250 e. The highest BCUT2D eigenvalue weighted by Gasteiger charge is 2.40. The Balaban J connectivity index is 1.72. The van der Waals surface area contributed by atoms with E-state index < -0.39 is 16.6 Å². The van der Waals surface area contributed by atoms with Crippen LogP contribution in [0.25, 0.3) is 5.57 Å². The Morgan fingerprint density at radius 2 is 1.22 bits per heavy atom. The lowest BCUT2D eigenvalue weighted by Crippen LogP contribution is -2.43. The van der Waals surface area contributed by atoms with E-state index in [4.69, 9.17) is 13.6 Å². The van der Waals surface area contributed by atoms with Crippen LogP contribution >= 0.6 is 0 Å². The van der Waals surface area contributed by atoms with E-state index in [-0.39, 0.29) is 10.1 Å². The first kappa shape index (κ1) is 24.7. The van der Waals surface area contributed by atoms with Crippen LogP contribution < -0.4 is 13.6 Å². The summed E-state index contributed by atoms with van der Waals surface area (Å²) in [6.45, 7) is 22.6. The van der Waals surface area contributed by atoms with Gasteiger partial charge in [-0.25, -0.2) is 0 Å². The van der Waals surface area contributed by atoms with Crippen LogP contribution in [0.5, 0.6) is 17.2 Å². The maximum absolute atomic E-state index is 6.45. The molecule has 2 aromatic carbocycles. The van der Waals surface area contributed by atoms with Crippen molar-refractivity contribution in [2.24, 2.45) is 0 Å². The monoisotopic (exact) mass is 468 g/mol. The first-order valence-corrected chi connectivity index (χ1v) is 17.4. The van der Waals surface area contributed by atoms with Gasteiger partial charge in [-0.15, -0.1) is 0 Å². The molecule has 0 aliphatic carbocycles. The minimum absolute atomic E-state index is 0.164. The van der Waals surface area contributed by atoms with Gasteiger partial charge >= 0.3 is 0 Å². The van der Waals surface area contributed by atoms with Crippen molar-refractivity contribution in [3.8, 4) is 17.2 Å². The van der Waals surface area contributed by atoms with E-state index in [1.165, 1.54) is 16.7 Å². The molecule has 0 bridgehead atoms. The van der Waals surface area contributed by atoms with Crippen molar-refractivity contribution in [2.75, 3.05) is 0 Å². The lowest BCUT2D eigenvalue weighted by Gasteiger charge is -2.36. The van der Waals surface area contributed by atoms with Crippen LogP contribution in [0.3, 0.4) is 0 Å². The molecule has 1 aliphatic rings. The third-order valence-corrected chi connectivity index (χ3v) is 16.0. The highest BCUT2D eigenvalue weighted by Crippen LogP contribution is 2.40. The van der Waals surface area contributed by atoms with Gasteiger partial charge in [0.1, 0.15) is 17.2 Å². The summed E-state index contributed by atoms with van der Waals surface area (Å²) >= 11 is 0. The zero-order valence-electron chi connectivity index (χ0n) is 21.6. The van der Waals surface area contributed by atoms with Crippen LogP contribution in [0.4, 0.5) is 0 Å². The minimum atomic E-state index is -1.87. The van der Waals surface area contributed by atoms with Gasteiger partial charge in [0.25, 0.3) is 0 Å². The fourth-order valence-electron chi connectivity index (χ4n) is 3.04. The first-order valence-electron chi connectivity index (χ1n) is 11.6. The normalized spacial score (nSPS) is 14.9. The molecule has 32 heavy (non-hydrogen) atoms. The second-order valence-corrected chi connectivity index (χ2v) is 21.4. The fraction of sp³-hybridized carbons (Fsp3) is 0.481. The van der Waals surface area contributed by atoms with E-state index in [0.29, 0.717) is 0 Å². The molecule has 0 fully saturated rings. The van der Waals surface area contributed by atoms with Gasteiger partial charge in [0, 0.05) is 12.5 Å². The van der Waals surface area contributed by atoms with Gasteiger partial charge in [0.15, 0.2) is 0 Å². The standard InChI is InChI=1S/C27H40O3Si2/c1-26(2,3)31(7,8)29-23-14-11-20(12-15-23)22-17-21-13-16-24(18-25(21)28-19-22)30-32(9,10)27(4,5)6/h11-16,18-19H,17H2,1-10H3. The summed E-state index contributed by atoms with van der Waals surface area (Å²) in [6.07, 6.45) is 2.72. The second-order valence-electron chi connectivity index (χ2n) is 12.0. The molecular formula is C27H40O3Si2. The van der Waals surface area contributed by atoms with Gasteiger partial charge in [-0.3, -0.25) is 0 Å². The maximum Gasteiger partial charge on any atom is 0.250 e. The Kier molecular flexibility index (Phi) is 6.48. The van der Waals surface area contributed by atoms with Gasteiger partial charge < -0.3 is 13.6 Å². The van der Waals surface area contributed by atoms with E-state index in [1.807, 2.05) is 12.3 Å². The summed E-state index contributed by atoms with van der Waals surface area (Å²) in [5.41, 5.74) is 3.53. The molecule has 1 heterocycles. The zero-order chi connectivity index (χ0) is 23.9. The lowest BCUT2D eigenvalue weighted by atomic mass is 9.97. The molecule has 0 unspecified atom stereocenters. The number of allylic oxidation sites excluding steroid dienone is 1. The summed E-state index contributed by atoms with van der Waals surface area (Å²) in [7, 11) is -3.70. The summed E-state index contributed by atoms with van der Waals surface area (Å²) in [5.74, 6) is 2.74. The number of rotatable bonds is 5. The molecule has 0 N–H and O–H groups in total. The van der Waals surface area contributed by atoms with Crippen molar-refractivity contribution in [1.29, 1.82) is 0 Å². The predicted molar refractivity (Wildman–Crippen MR) is 141 cm³/mol. The van der Waals surface area contributed by atoms with Crippen molar-refractivity contribution < 1.29 is 13.6 Å². The van der Waals surface area contributed by atoms with Crippen LogP contribution in [-0.2, 0) is 6.42 Å². The molecule has 174 valence electrons. The minimum Gasteiger partial charge on any atom is -0.544 e. The average Bonchev–Trinajstić information content (AvgIpc) is 2.66. The molecule has 0 atom stereocenters. The predicted octanol–water partition coefficient (Wildman–Crippen LogP) is 8.43. The van der Waals surface area contributed by atoms with Gasteiger partial charge in [-0.05, 0) is 71.2 Å². The number of hydrogen-bond acceptors (Lipinski definition) is 3. The molecular weight excluding hydrogens is 428 g/mol. The maximum atomic E-state index is 6.45. The van der Waals surface area contributed by atoms with Gasteiger partial charge in [0.05, 0.1) is 6.26 Å². The molecule has 3 rings (SSSR count). The highest BCUT2D eigenvalue weighted by atomic mass is 28.4. The topological polar surface area (TPSA) is 27.7 Å². The van der Waals surface area contributed by atoms with E-state index in [9.17, 15) is 0 Å². The Morgan fingerprint density at radius 3 is 1.75 bits per heavy atom. The quantitative estimate of drug-likeness (QED) is 0.412. The Labute approximate surface area is 197 Å². The number of hydrogen-bond donors (Lipinski definition) is 0. The number of benzene rings is 2. The van der Waals surface area contributed by atoms with Crippen LogP contribution in [0, 0.1) is 0 Å². The third-order valence-electron chi connectivity index (χ3n) is 7.33. The molecule has 0 radical (unpaired) electrons. The lowest BCUT2D eigenvalue weighted by molar-refractivity contribution is 0.456. The van der Waals surface area contributed by atoms with Gasteiger partial charge in [0.2, 0.25) is 16.6 Å². The van der Waals surface area contributed by atoms with E-state index in [2.05, 4.69) is 104 Å². The summed E-state index contributed by atoms with van der Waals surface area (Å²) in [6, 6.07) is 14.7. The fourth-order valence-corrected chi connectivity index (χ4v) is 5.09. The average molecular weight is 469 g/mol. The molecule has 0 amide bonds. The molecule has 5 heteroatoms. The molecule has 2 aromatic rings. The third kappa shape index (κ3) is 5.32. The van der Waals surface area contributed by atoms with E-state index in [0.717, 1.165) is 23.7 Å². The van der Waals surface area contributed by atoms with Crippen LogP contribution in [0.2, 0.25) is 36.3 Å². The van der Waals surface area contributed by atoms with Crippen LogP contribution in [0.1, 0.15) is 52.7 Å². The second kappa shape index (κ2) is 8.42. The summed E-state index contributed by atoms with van der Waals surface area (Å²) < 4.78 is 18.9. The zero-order valence-corrected chi connectivity index (χ0v) is 23.6. The van der Waals surface area contributed by atoms with Gasteiger partial charge in [-0.1, -0.05) is 59.7 Å². The number of ether oxygens (including phenoxy) is 1. The molecule has 1 aliphatic heterocycles. The van der Waals surface area contributed by atoms with Crippen molar-refractivity contribution in [1.82, 2.24) is 0 Å². The Bertz CT molecular complexity index is 991. The van der Waals surface area contributed by atoms with Crippen molar-refractivity contribution in [3.05, 3.63) is 59.9 Å².